The predicted octanol–water partition coefficient (Wildman–Crippen LogP) is 2.72. The molecule has 0 saturated heterocycles. The molecule has 33 heavy (non-hydrogen) atoms. The molecule has 1 aromatic heterocycles. The second-order valence-electron chi connectivity index (χ2n) is 7.38. The van der Waals surface area contributed by atoms with Gasteiger partial charge in [0, 0.05) is 6.92 Å². The molecule has 0 radical (unpaired) electrons. The van der Waals surface area contributed by atoms with Crippen LogP contribution in [0.2, 0.25) is 0 Å². The van der Waals surface area contributed by atoms with E-state index in [9.17, 15) is 14.4 Å². The van der Waals surface area contributed by atoms with Crippen molar-refractivity contribution in [2.24, 2.45) is 4.99 Å². The molecule has 168 valence electrons. The summed E-state index contributed by atoms with van der Waals surface area (Å²) in [6.45, 7) is 4.99. The van der Waals surface area contributed by atoms with Crippen molar-refractivity contribution in [1.29, 1.82) is 0 Å². The second kappa shape index (κ2) is 9.38. The van der Waals surface area contributed by atoms with Gasteiger partial charge in [-0.25, -0.2) is 9.79 Å². The Balaban J connectivity index is 1.90. The molecule has 2 aromatic carbocycles. The van der Waals surface area contributed by atoms with Crippen LogP contribution >= 0.6 is 11.3 Å². The second-order valence-corrected chi connectivity index (χ2v) is 8.38. The minimum absolute atomic E-state index is 0.201. The van der Waals surface area contributed by atoms with Gasteiger partial charge >= 0.3 is 11.9 Å². The normalized spacial score (nSPS) is 15.6. The Hall–Kier alpha value is -3.78. The molecule has 7 nitrogen and oxygen atoms in total. The summed E-state index contributed by atoms with van der Waals surface area (Å²) < 4.78 is 12.5. The average Bonchev–Trinajstić information content (AvgIpc) is 3.08. The highest BCUT2D eigenvalue weighted by molar-refractivity contribution is 7.07. The van der Waals surface area contributed by atoms with E-state index < -0.39 is 18.0 Å². The van der Waals surface area contributed by atoms with E-state index in [4.69, 9.17) is 9.47 Å². The molecule has 0 saturated carbocycles. The van der Waals surface area contributed by atoms with Crippen LogP contribution in [-0.4, -0.2) is 23.1 Å². The van der Waals surface area contributed by atoms with Crippen molar-refractivity contribution in [3.05, 3.63) is 96.7 Å². The van der Waals surface area contributed by atoms with Crippen LogP contribution in [0, 0.1) is 0 Å². The van der Waals surface area contributed by atoms with Crippen LogP contribution < -0.4 is 19.6 Å². The summed E-state index contributed by atoms with van der Waals surface area (Å²) in [6, 6.07) is 15.6. The number of esters is 2. The van der Waals surface area contributed by atoms with Gasteiger partial charge < -0.3 is 9.47 Å². The number of fused-ring (bicyclic) bond motifs is 1. The van der Waals surface area contributed by atoms with E-state index in [0.29, 0.717) is 31.9 Å². The molecule has 1 aliphatic heterocycles. The van der Waals surface area contributed by atoms with Crippen molar-refractivity contribution in [2.45, 2.75) is 26.8 Å². The van der Waals surface area contributed by atoms with Crippen molar-refractivity contribution in [2.75, 3.05) is 6.61 Å². The number of aromatic nitrogens is 1. The molecule has 3 aromatic rings. The lowest BCUT2D eigenvalue weighted by molar-refractivity contribution is -0.139. The first kappa shape index (κ1) is 22.4. The summed E-state index contributed by atoms with van der Waals surface area (Å²) in [6.07, 6.45) is 1.81. The quantitative estimate of drug-likeness (QED) is 0.430. The number of hydrogen-bond donors (Lipinski definition) is 0. The van der Waals surface area contributed by atoms with Gasteiger partial charge in [-0.05, 0) is 43.2 Å². The van der Waals surface area contributed by atoms with E-state index in [0.717, 1.165) is 5.56 Å². The summed E-state index contributed by atoms with van der Waals surface area (Å²) in [5.41, 5.74) is 2.12. The van der Waals surface area contributed by atoms with Gasteiger partial charge in [-0.2, -0.15) is 0 Å². The van der Waals surface area contributed by atoms with E-state index in [1.165, 1.54) is 22.8 Å². The third-order valence-electron chi connectivity index (χ3n) is 5.07. The van der Waals surface area contributed by atoms with Gasteiger partial charge in [-0.3, -0.25) is 14.2 Å². The van der Waals surface area contributed by atoms with E-state index in [2.05, 4.69) is 4.99 Å². The standard InChI is InChI=1S/C25H22N2O5S/c1-4-31-24(30)21-15(2)26-25-27(22(21)18-10-12-19(13-11-18)32-16(3)28)23(29)20(33-25)14-17-8-6-5-7-9-17/h5-14,22H,4H2,1-3H3/b20-14-/t22-/m1/s1. The van der Waals surface area contributed by atoms with Gasteiger partial charge in [0.25, 0.3) is 5.56 Å². The number of carbonyl (C=O) groups is 2. The molecule has 2 heterocycles. The van der Waals surface area contributed by atoms with Crippen LogP contribution in [0.1, 0.15) is 37.9 Å². The monoisotopic (exact) mass is 462 g/mol. The van der Waals surface area contributed by atoms with E-state index in [1.54, 1.807) is 38.1 Å². The molecule has 0 amide bonds. The molecule has 0 fully saturated rings. The topological polar surface area (TPSA) is 87.0 Å². The fraction of sp³-hybridized carbons (Fsp3) is 0.200. The van der Waals surface area contributed by atoms with Gasteiger partial charge in [-0.1, -0.05) is 53.8 Å². The minimum atomic E-state index is -0.718. The number of benzene rings is 2. The third-order valence-corrected chi connectivity index (χ3v) is 6.05. The first-order chi connectivity index (χ1) is 15.9. The highest BCUT2D eigenvalue weighted by atomic mass is 32.1. The number of hydrogen-bond acceptors (Lipinski definition) is 7. The number of ether oxygens (including phenoxy) is 2. The largest absolute Gasteiger partial charge is 0.463 e. The number of allylic oxidation sites excluding steroid dienone is 1. The number of nitrogens with zero attached hydrogens (tertiary/aromatic N) is 2. The fourth-order valence-electron chi connectivity index (χ4n) is 3.69. The zero-order valence-corrected chi connectivity index (χ0v) is 19.2. The van der Waals surface area contributed by atoms with Crippen molar-refractivity contribution in [3.63, 3.8) is 0 Å². The predicted molar refractivity (Wildman–Crippen MR) is 125 cm³/mol. The molecule has 1 atom stereocenters. The first-order valence-electron chi connectivity index (χ1n) is 10.4. The molecule has 1 aliphatic rings. The Kier molecular flexibility index (Phi) is 6.37. The van der Waals surface area contributed by atoms with Gasteiger partial charge in [0.1, 0.15) is 5.75 Å². The van der Waals surface area contributed by atoms with E-state index >= 15 is 0 Å². The average molecular weight is 463 g/mol. The zero-order valence-electron chi connectivity index (χ0n) is 18.4. The molecule has 8 heteroatoms. The minimum Gasteiger partial charge on any atom is -0.463 e. The maximum absolute atomic E-state index is 13.5. The molecule has 0 aliphatic carbocycles. The maximum atomic E-state index is 13.5. The summed E-state index contributed by atoms with van der Waals surface area (Å²) in [4.78, 5) is 42.7. The van der Waals surface area contributed by atoms with Gasteiger partial charge in [-0.15, -0.1) is 0 Å². The lowest BCUT2D eigenvalue weighted by Crippen LogP contribution is -2.39. The Bertz CT molecular complexity index is 1420. The number of thiazole rings is 1. The SMILES string of the molecule is CCOC(=O)C1=C(C)N=c2s/c(=C\c3ccccc3)c(=O)n2[C@@H]1c1ccc(OC(C)=O)cc1. The van der Waals surface area contributed by atoms with Crippen LogP contribution in [0.3, 0.4) is 0 Å². The highest BCUT2D eigenvalue weighted by Gasteiger charge is 2.33. The first-order valence-corrected chi connectivity index (χ1v) is 11.2. The van der Waals surface area contributed by atoms with Gasteiger partial charge in [0.05, 0.1) is 28.5 Å². The fourth-order valence-corrected chi connectivity index (χ4v) is 4.74. The van der Waals surface area contributed by atoms with Crippen molar-refractivity contribution >= 4 is 29.4 Å². The molecular formula is C25H22N2O5S. The smallest absolute Gasteiger partial charge is 0.338 e. The molecular weight excluding hydrogens is 440 g/mol. The van der Waals surface area contributed by atoms with Gasteiger partial charge in [0.2, 0.25) is 0 Å². The Labute approximate surface area is 193 Å². The third kappa shape index (κ3) is 4.56. The Morgan fingerprint density at radius 3 is 2.45 bits per heavy atom. The number of carbonyl (C=O) groups excluding carboxylic acids is 2. The summed E-state index contributed by atoms with van der Waals surface area (Å²) in [5.74, 6) is -0.578. The zero-order chi connectivity index (χ0) is 23.5. The van der Waals surface area contributed by atoms with Crippen molar-refractivity contribution in [1.82, 2.24) is 4.57 Å². The van der Waals surface area contributed by atoms with Crippen LogP contribution in [0.25, 0.3) is 6.08 Å². The van der Waals surface area contributed by atoms with E-state index in [-0.39, 0.29) is 12.2 Å². The summed E-state index contributed by atoms with van der Waals surface area (Å²) in [5, 5.41) is 0. The van der Waals surface area contributed by atoms with E-state index in [1.807, 2.05) is 36.4 Å². The lowest BCUT2D eigenvalue weighted by Gasteiger charge is -2.24. The van der Waals surface area contributed by atoms with Crippen LogP contribution in [-0.2, 0) is 14.3 Å². The molecule has 0 bridgehead atoms. The summed E-state index contributed by atoms with van der Waals surface area (Å²) in [7, 11) is 0. The lowest BCUT2D eigenvalue weighted by atomic mass is 9.96. The van der Waals surface area contributed by atoms with Crippen LogP contribution in [0.4, 0.5) is 0 Å². The van der Waals surface area contributed by atoms with Crippen LogP contribution in [0.15, 0.2) is 75.7 Å². The molecule has 0 spiro atoms. The van der Waals surface area contributed by atoms with Crippen molar-refractivity contribution in [3.8, 4) is 5.75 Å². The van der Waals surface area contributed by atoms with Gasteiger partial charge in [0.15, 0.2) is 4.80 Å². The molecule has 0 unspecified atom stereocenters. The molecule has 0 N–H and O–H groups in total. The number of rotatable bonds is 5. The highest BCUT2D eigenvalue weighted by Crippen LogP contribution is 2.31. The molecule has 4 rings (SSSR count). The Morgan fingerprint density at radius 1 is 1.12 bits per heavy atom. The maximum Gasteiger partial charge on any atom is 0.338 e. The van der Waals surface area contributed by atoms with Crippen molar-refractivity contribution < 1.29 is 19.1 Å². The Morgan fingerprint density at radius 2 is 1.82 bits per heavy atom. The van der Waals surface area contributed by atoms with Crippen LogP contribution in [0.5, 0.6) is 5.75 Å². The summed E-state index contributed by atoms with van der Waals surface area (Å²) >= 11 is 1.27.